The van der Waals surface area contributed by atoms with Crippen molar-refractivity contribution in [3.05, 3.63) is 100 Å². The molecule has 8 nitrogen and oxygen atoms in total. The Hall–Kier alpha value is -4.46. The maximum absolute atomic E-state index is 13.8. The quantitative estimate of drug-likeness (QED) is 0.524. The molecule has 164 valence electrons. The molecule has 1 aromatic heterocycles. The first kappa shape index (κ1) is 20.4. The first-order valence-corrected chi connectivity index (χ1v) is 10.4. The number of hydrogen-bond donors (Lipinski definition) is 1. The normalized spacial score (nSPS) is 15.0. The molecule has 4 aromatic rings. The van der Waals surface area contributed by atoms with E-state index >= 15 is 0 Å². The molecule has 5 rings (SSSR count). The average Bonchev–Trinajstić information content (AvgIpc) is 2.85. The summed E-state index contributed by atoms with van der Waals surface area (Å²) in [5.74, 6) is -0.744. The van der Waals surface area contributed by atoms with E-state index in [1.54, 1.807) is 48.5 Å². The van der Waals surface area contributed by atoms with E-state index in [1.807, 2.05) is 30.3 Å². The van der Waals surface area contributed by atoms with Crippen LogP contribution in [0.3, 0.4) is 0 Å². The number of anilines is 1. The number of rotatable bonds is 4. The number of aromatic nitrogens is 2. The topological polar surface area (TPSA) is 108 Å². The number of carbonyl (C=O) groups excluding carboxylic acids is 2. The molecule has 1 aliphatic heterocycles. The third-order valence-corrected chi connectivity index (χ3v) is 5.58. The molecule has 0 bridgehead atoms. The van der Waals surface area contributed by atoms with Crippen LogP contribution in [0.25, 0.3) is 10.8 Å². The van der Waals surface area contributed by atoms with Crippen LogP contribution in [0.2, 0.25) is 0 Å². The number of carbonyl (C=O) groups is 2. The molecule has 0 radical (unpaired) electrons. The van der Waals surface area contributed by atoms with Crippen molar-refractivity contribution in [3.63, 3.8) is 0 Å². The number of nitrogens with two attached hydrogens (primary N) is 1. The maximum Gasteiger partial charge on any atom is 0.279 e. The highest BCUT2D eigenvalue weighted by Crippen LogP contribution is 2.34. The summed E-state index contributed by atoms with van der Waals surface area (Å²) in [4.78, 5) is 40.2. The van der Waals surface area contributed by atoms with E-state index in [0.29, 0.717) is 22.2 Å². The highest BCUT2D eigenvalue weighted by atomic mass is 16.5. The fourth-order valence-electron chi connectivity index (χ4n) is 3.96. The molecule has 33 heavy (non-hydrogen) atoms. The van der Waals surface area contributed by atoms with Crippen molar-refractivity contribution in [2.75, 3.05) is 11.4 Å². The van der Waals surface area contributed by atoms with Crippen molar-refractivity contribution in [1.82, 2.24) is 9.78 Å². The zero-order valence-corrected chi connectivity index (χ0v) is 17.5. The molecule has 0 spiro atoms. The van der Waals surface area contributed by atoms with Crippen LogP contribution in [0.15, 0.2) is 83.7 Å². The van der Waals surface area contributed by atoms with Crippen molar-refractivity contribution in [2.45, 2.75) is 12.6 Å². The Balaban J connectivity index is 1.65. The second-order valence-electron chi connectivity index (χ2n) is 7.73. The standard InChI is InChI=1S/C25H20N4O4/c26-23(30)21-15-28(19-12-6-7-13-20(19)33-21)25(32)22-17-10-4-5-11-18(17)24(31)29(27-22)14-16-8-2-1-3-9-16/h1-13,21H,14-15H2,(H2,26,30)/t21-/m1/s1. The molecule has 2 N–H and O–H groups in total. The van der Waals surface area contributed by atoms with E-state index in [2.05, 4.69) is 5.10 Å². The van der Waals surface area contributed by atoms with Crippen molar-refractivity contribution in [2.24, 2.45) is 5.73 Å². The molecule has 8 heteroatoms. The Morgan fingerprint density at radius 3 is 2.36 bits per heavy atom. The first-order chi connectivity index (χ1) is 16.0. The lowest BCUT2D eigenvalue weighted by atomic mass is 10.1. The predicted molar refractivity (Wildman–Crippen MR) is 123 cm³/mol. The van der Waals surface area contributed by atoms with Crippen LogP contribution in [-0.2, 0) is 11.3 Å². The van der Waals surface area contributed by atoms with Crippen LogP contribution >= 0.6 is 0 Å². The van der Waals surface area contributed by atoms with E-state index in [1.165, 1.54) is 9.58 Å². The van der Waals surface area contributed by atoms with Crippen molar-refractivity contribution < 1.29 is 14.3 Å². The minimum Gasteiger partial charge on any atom is -0.477 e. The van der Waals surface area contributed by atoms with E-state index in [4.69, 9.17) is 10.5 Å². The van der Waals surface area contributed by atoms with Crippen molar-refractivity contribution >= 4 is 28.3 Å². The fourth-order valence-corrected chi connectivity index (χ4v) is 3.96. The first-order valence-electron chi connectivity index (χ1n) is 10.4. The summed E-state index contributed by atoms with van der Waals surface area (Å²) >= 11 is 0. The monoisotopic (exact) mass is 440 g/mol. The molecule has 1 aliphatic rings. The van der Waals surface area contributed by atoms with Gasteiger partial charge in [0.05, 0.1) is 24.2 Å². The summed E-state index contributed by atoms with van der Waals surface area (Å²) in [7, 11) is 0. The van der Waals surface area contributed by atoms with Crippen LogP contribution in [0.4, 0.5) is 5.69 Å². The van der Waals surface area contributed by atoms with Crippen molar-refractivity contribution in [3.8, 4) is 5.75 Å². The number of para-hydroxylation sites is 2. The molecule has 0 saturated heterocycles. The molecule has 0 aliphatic carbocycles. The molecule has 0 fully saturated rings. The fraction of sp³-hybridized carbons (Fsp3) is 0.120. The molecular formula is C25H20N4O4. The lowest BCUT2D eigenvalue weighted by molar-refractivity contribution is -0.124. The average molecular weight is 440 g/mol. The summed E-state index contributed by atoms with van der Waals surface area (Å²) in [6.45, 7) is 0.160. The Morgan fingerprint density at radius 1 is 0.939 bits per heavy atom. The third-order valence-electron chi connectivity index (χ3n) is 5.58. The molecule has 2 heterocycles. The van der Waals surface area contributed by atoms with Crippen LogP contribution in [0.5, 0.6) is 5.75 Å². The number of benzene rings is 3. The van der Waals surface area contributed by atoms with Gasteiger partial charge in [0.2, 0.25) is 0 Å². The minimum atomic E-state index is -0.995. The second-order valence-corrected chi connectivity index (χ2v) is 7.73. The number of hydrogen-bond acceptors (Lipinski definition) is 5. The van der Waals surface area contributed by atoms with E-state index < -0.39 is 17.9 Å². The van der Waals surface area contributed by atoms with Crippen LogP contribution < -0.4 is 20.9 Å². The molecule has 3 aromatic carbocycles. The summed E-state index contributed by atoms with van der Waals surface area (Å²) in [6, 6.07) is 23.2. The number of ether oxygens (including phenoxy) is 1. The predicted octanol–water partition coefficient (Wildman–Crippen LogP) is 2.34. The second kappa shape index (κ2) is 8.23. The van der Waals surface area contributed by atoms with Gasteiger partial charge in [0, 0.05) is 5.39 Å². The van der Waals surface area contributed by atoms with Crippen molar-refractivity contribution in [1.29, 1.82) is 0 Å². The van der Waals surface area contributed by atoms with Gasteiger partial charge >= 0.3 is 0 Å². The Morgan fingerprint density at radius 2 is 1.61 bits per heavy atom. The maximum atomic E-state index is 13.8. The summed E-state index contributed by atoms with van der Waals surface area (Å²) in [5.41, 5.74) is 6.69. The molecular weight excluding hydrogens is 420 g/mol. The highest BCUT2D eigenvalue weighted by Gasteiger charge is 2.34. The minimum absolute atomic E-state index is 0.0565. The SMILES string of the molecule is NC(=O)[C@H]1CN(C(=O)c2nn(Cc3ccccc3)c(=O)c3ccccc23)c2ccccc2O1. The molecule has 2 amide bonds. The van der Waals surface area contributed by atoms with Gasteiger partial charge in [-0.3, -0.25) is 19.3 Å². The van der Waals surface area contributed by atoms with Crippen LogP contribution in [0, 0.1) is 0 Å². The number of amides is 2. The molecule has 0 saturated carbocycles. The van der Waals surface area contributed by atoms with Gasteiger partial charge in [0.25, 0.3) is 17.4 Å². The summed E-state index contributed by atoms with van der Waals surface area (Å²) < 4.78 is 6.97. The van der Waals surface area contributed by atoms with E-state index in [0.717, 1.165) is 5.56 Å². The van der Waals surface area contributed by atoms with Gasteiger partial charge in [0.15, 0.2) is 11.8 Å². The lowest BCUT2D eigenvalue weighted by Crippen LogP contribution is -2.49. The smallest absolute Gasteiger partial charge is 0.279 e. The summed E-state index contributed by atoms with van der Waals surface area (Å²) in [6.07, 6.45) is -0.995. The number of fused-ring (bicyclic) bond motifs is 2. The molecule has 1 atom stereocenters. The Kier molecular flexibility index (Phi) is 5.10. The van der Waals surface area contributed by atoms with Gasteiger partial charge in [-0.1, -0.05) is 60.7 Å². The highest BCUT2D eigenvalue weighted by molar-refractivity contribution is 6.13. The van der Waals surface area contributed by atoms with Gasteiger partial charge < -0.3 is 10.5 Å². The zero-order valence-electron chi connectivity index (χ0n) is 17.5. The van der Waals surface area contributed by atoms with E-state index in [9.17, 15) is 14.4 Å². The zero-order chi connectivity index (χ0) is 22.9. The molecule has 0 unspecified atom stereocenters. The van der Waals surface area contributed by atoms with E-state index in [-0.39, 0.29) is 24.3 Å². The van der Waals surface area contributed by atoms with Gasteiger partial charge in [-0.15, -0.1) is 0 Å². The van der Waals surface area contributed by atoms with Gasteiger partial charge in [0.1, 0.15) is 5.75 Å². The van der Waals surface area contributed by atoms with Gasteiger partial charge in [-0.2, -0.15) is 5.10 Å². The van der Waals surface area contributed by atoms with Crippen LogP contribution in [-0.4, -0.2) is 34.2 Å². The largest absolute Gasteiger partial charge is 0.477 e. The lowest BCUT2D eigenvalue weighted by Gasteiger charge is -2.33. The summed E-state index contributed by atoms with van der Waals surface area (Å²) in [5, 5.41) is 5.30. The Bertz CT molecular complexity index is 1430. The van der Waals surface area contributed by atoms with Gasteiger partial charge in [-0.05, 0) is 23.8 Å². The van der Waals surface area contributed by atoms with Gasteiger partial charge in [-0.25, -0.2) is 4.68 Å². The third kappa shape index (κ3) is 3.71. The number of primary amides is 1. The van der Waals surface area contributed by atoms with Crippen LogP contribution in [0.1, 0.15) is 16.1 Å². The number of nitrogens with zero attached hydrogens (tertiary/aromatic N) is 3. The Labute approximate surface area is 188 Å².